The highest BCUT2D eigenvalue weighted by Crippen LogP contribution is 2.33. The normalized spacial score (nSPS) is 18.8. The highest BCUT2D eigenvalue weighted by molar-refractivity contribution is 4.77. The second-order valence-corrected chi connectivity index (χ2v) is 4.56. The average molecular weight is 239 g/mol. The van der Waals surface area contributed by atoms with E-state index in [9.17, 15) is 13.2 Å². The lowest BCUT2D eigenvalue weighted by Crippen LogP contribution is -2.28. The van der Waals surface area contributed by atoms with E-state index in [1.807, 2.05) is 0 Å². The Kier molecular flexibility index (Phi) is 5.55. The highest BCUT2D eigenvalue weighted by atomic mass is 19.4. The smallest absolute Gasteiger partial charge is 0.372 e. The van der Waals surface area contributed by atoms with Crippen molar-refractivity contribution in [3.05, 3.63) is 0 Å². The first-order valence-corrected chi connectivity index (χ1v) is 5.85. The summed E-state index contributed by atoms with van der Waals surface area (Å²) in [7, 11) is 0. The van der Waals surface area contributed by atoms with Crippen molar-refractivity contribution >= 4 is 0 Å². The standard InChI is InChI=1S/C11H20F3NO/c1-9(7-10-3-4-10)15-5-2-6-16-8-11(12,13)14/h9-10,15H,2-8H2,1H3. The molecule has 16 heavy (non-hydrogen) atoms. The fourth-order valence-electron chi connectivity index (χ4n) is 1.65. The van der Waals surface area contributed by atoms with Crippen molar-refractivity contribution in [2.45, 2.75) is 44.8 Å². The number of nitrogens with one attached hydrogen (secondary N) is 1. The lowest BCUT2D eigenvalue weighted by molar-refractivity contribution is -0.173. The minimum atomic E-state index is -4.20. The summed E-state index contributed by atoms with van der Waals surface area (Å²) in [5.41, 5.74) is 0. The summed E-state index contributed by atoms with van der Waals surface area (Å²) in [6.45, 7) is 1.88. The van der Waals surface area contributed by atoms with E-state index < -0.39 is 12.8 Å². The molecule has 2 nitrogen and oxygen atoms in total. The number of alkyl halides is 3. The predicted octanol–water partition coefficient (Wildman–Crippen LogP) is 2.73. The molecule has 1 unspecified atom stereocenters. The molecule has 1 rings (SSSR count). The van der Waals surface area contributed by atoms with Crippen LogP contribution in [0.15, 0.2) is 0 Å². The van der Waals surface area contributed by atoms with Crippen molar-refractivity contribution in [2.24, 2.45) is 5.92 Å². The second-order valence-electron chi connectivity index (χ2n) is 4.56. The molecule has 0 radical (unpaired) electrons. The minimum Gasteiger partial charge on any atom is -0.372 e. The lowest BCUT2D eigenvalue weighted by Gasteiger charge is -2.13. The van der Waals surface area contributed by atoms with Crippen LogP contribution in [0, 0.1) is 5.92 Å². The van der Waals surface area contributed by atoms with Crippen molar-refractivity contribution < 1.29 is 17.9 Å². The maximum absolute atomic E-state index is 11.7. The van der Waals surface area contributed by atoms with Gasteiger partial charge >= 0.3 is 6.18 Å². The predicted molar refractivity (Wildman–Crippen MR) is 56.3 cm³/mol. The molecule has 1 aliphatic carbocycles. The van der Waals surface area contributed by atoms with E-state index in [1.165, 1.54) is 19.3 Å². The third-order valence-electron chi connectivity index (χ3n) is 2.61. The summed E-state index contributed by atoms with van der Waals surface area (Å²) in [5, 5.41) is 3.29. The van der Waals surface area contributed by atoms with Gasteiger partial charge in [0.15, 0.2) is 0 Å². The zero-order valence-corrected chi connectivity index (χ0v) is 9.65. The Labute approximate surface area is 94.5 Å². The molecule has 0 heterocycles. The van der Waals surface area contributed by atoms with Crippen molar-refractivity contribution in [1.29, 1.82) is 0 Å². The highest BCUT2D eigenvalue weighted by Gasteiger charge is 2.27. The molecule has 5 heteroatoms. The zero-order chi connectivity index (χ0) is 12.0. The third-order valence-corrected chi connectivity index (χ3v) is 2.61. The molecule has 0 aromatic rings. The van der Waals surface area contributed by atoms with Crippen molar-refractivity contribution in [3.63, 3.8) is 0 Å². The number of halogens is 3. The fraction of sp³-hybridized carbons (Fsp3) is 1.00. The number of rotatable bonds is 8. The van der Waals surface area contributed by atoms with Gasteiger partial charge in [-0.3, -0.25) is 0 Å². The molecule has 1 atom stereocenters. The average Bonchev–Trinajstić information content (AvgIpc) is 2.93. The van der Waals surface area contributed by atoms with Gasteiger partial charge in [0, 0.05) is 12.6 Å². The van der Waals surface area contributed by atoms with Gasteiger partial charge < -0.3 is 10.1 Å². The van der Waals surface area contributed by atoms with E-state index in [4.69, 9.17) is 0 Å². The van der Waals surface area contributed by atoms with Crippen LogP contribution in [0.25, 0.3) is 0 Å². The molecule has 0 bridgehead atoms. The van der Waals surface area contributed by atoms with Gasteiger partial charge in [-0.25, -0.2) is 0 Å². The quantitative estimate of drug-likeness (QED) is 0.658. The van der Waals surface area contributed by atoms with E-state index >= 15 is 0 Å². The maximum Gasteiger partial charge on any atom is 0.411 e. The molecule has 96 valence electrons. The first-order valence-electron chi connectivity index (χ1n) is 5.85. The Bertz CT molecular complexity index is 192. The van der Waals surface area contributed by atoms with E-state index in [1.54, 1.807) is 0 Å². The van der Waals surface area contributed by atoms with E-state index in [0.29, 0.717) is 12.5 Å². The van der Waals surface area contributed by atoms with Gasteiger partial charge in [-0.1, -0.05) is 12.8 Å². The van der Waals surface area contributed by atoms with Gasteiger partial charge in [-0.2, -0.15) is 13.2 Å². The van der Waals surface area contributed by atoms with E-state index in [2.05, 4.69) is 17.0 Å². The van der Waals surface area contributed by atoms with Gasteiger partial charge in [0.25, 0.3) is 0 Å². The summed E-state index contributed by atoms with van der Waals surface area (Å²) in [4.78, 5) is 0. The van der Waals surface area contributed by atoms with Crippen LogP contribution in [0.5, 0.6) is 0 Å². The molecule has 1 fully saturated rings. The Morgan fingerprint density at radius 1 is 1.38 bits per heavy atom. The van der Waals surface area contributed by atoms with Crippen molar-refractivity contribution in [1.82, 2.24) is 5.32 Å². The van der Waals surface area contributed by atoms with E-state index in [-0.39, 0.29) is 6.61 Å². The number of hydrogen-bond acceptors (Lipinski definition) is 2. The molecule has 0 spiro atoms. The fourth-order valence-corrected chi connectivity index (χ4v) is 1.65. The first kappa shape index (κ1) is 13.8. The number of hydrogen-bond donors (Lipinski definition) is 1. The van der Waals surface area contributed by atoms with Gasteiger partial charge in [0.1, 0.15) is 6.61 Å². The van der Waals surface area contributed by atoms with Crippen LogP contribution >= 0.6 is 0 Å². The number of ether oxygens (including phenoxy) is 1. The maximum atomic E-state index is 11.7. The molecule has 0 amide bonds. The Balaban J connectivity index is 1.83. The summed E-state index contributed by atoms with van der Waals surface area (Å²) in [5.74, 6) is 0.879. The van der Waals surface area contributed by atoms with Gasteiger partial charge in [-0.15, -0.1) is 0 Å². The second kappa shape index (κ2) is 6.45. The summed E-state index contributed by atoms with van der Waals surface area (Å²) in [6.07, 6.45) is 0.280. The molecular weight excluding hydrogens is 219 g/mol. The zero-order valence-electron chi connectivity index (χ0n) is 9.65. The Morgan fingerprint density at radius 2 is 2.06 bits per heavy atom. The molecule has 1 saturated carbocycles. The summed E-state index contributed by atoms with van der Waals surface area (Å²) < 4.78 is 39.6. The van der Waals surface area contributed by atoms with E-state index in [0.717, 1.165) is 12.5 Å². The molecule has 1 N–H and O–H groups in total. The molecular formula is C11H20F3NO. The third kappa shape index (κ3) is 7.93. The molecule has 0 aliphatic heterocycles. The lowest BCUT2D eigenvalue weighted by atomic mass is 10.1. The van der Waals surface area contributed by atoms with Crippen LogP contribution in [0.4, 0.5) is 13.2 Å². The largest absolute Gasteiger partial charge is 0.411 e. The van der Waals surface area contributed by atoms with Crippen LogP contribution in [-0.2, 0) is 4.74 Å². The van der Waals surface area contributed by atoms with Crippen LogP contribution in [0.3, 0.4) is 0 Å². The molecule has 0 saturated heterocycles. The minimum absolute atomic E-state index is 0.169. The van der Waals surface area contributed by atoms with Gasteiger partial charge in [0.05, 0.1) is 0 Å². The molecule has 1 aliphatic rings. The van der Waals surface area contributed by atoms with Crippen LogP contribution < -0.4 is 5.32 Å². The SMILES string of the molecule is CC(CC1CC1)NCCCOCC(F)(F)F. The Morgan fingerprint density at radius 3 is 2.62 bits per heavy atom. The summed E-state index contributed by atoms with van der Waals surface area (Å²) >= 11 is 0. The van der Waals surface area contributed by atoms with Crippen molar-refractivity contribution in [2.75, 3.05) is 19.8 Å². The van der Waals surface area contributed by atoms with Crippen LogP contribution in [0.2, 0.25) is 0 Å². The van der Waals surface area contributed by atoms with Crippen LogP contribution in [-0.4, -0.2) is 32.0 Å². The first-order chi connectivity index (χ1) is 7.47. The summed E-state index contributed by atoms with van der Waals surface area (Å²) in [6, 6.07) is 0.468. The Hall–Kier alpha value is -0.290. The molecule has 0 aromatic carbocycles. The monoisotopic (exact) mass is 239 g/mol. The molecule has 0 aromatic heterocycles. The van der Waals surface area contributed by atoms with Gasteiger partial charge in [0.2, 0.25) is 0 Å². The topological polar surface area (TPSA) is 21.3 Å². The van der Waals surface area contributed by atoms with Crippen LogP contribution in [0.1, 0.15) is 32.6 Å². The van der Waals surface area contributed by atoms with Crippen molar-refractivity contribution in [3.8, 4) is 0 Å². The van der Waals surface area contributed by atoms with Gasteiger partial charge in [-0.05, 0) is 32.2 Å².